The van der Waals surface area contributed by atoms with E-state index in [9.17, 15) is 9.59 Å². The van der Waals surface area contributed by atoms with E-state index in [1.54, 1.807) is 12.1 Å². The molecule has 1 aromatic heterocycles. The predicted octanol–water partition coefficient (Wildman–Crippen LogP) is 3.22. The van der Waals surface area contributed by atoms with Crippen molar-refractivity contribution in [1.82, 2.24) is 5.32 Å². The molecule has 2 aromatic rings. The molecule has 0 aliphatic rings. The Labute approximate surface area is 136 Å². The first-order chi connectivity index (χ1) is 10.8. The number of anilines is 1. The Balaban J connectivity index is 1.81. The Bertz CT molecular complexity index is 653. The van der Waals surface area contributed by atoms with Crippen molar-refractivity contribution < 1.29 is 14.0 Å². The van der Waals surface area contributed by atoms with Gasteiger partial charge in [-0.1, -0.05) is 32.9 Å². The number of carbonyl (C=O) groups excluding carboxylic acids is 2. The van der Waals surface area contributed by atoms with Crippen molar-refractivity contribution in [3.8, 4) is 0 Å². The maximum Gasteiger partial charge on any atom is 0.233 e. The predicted molar refractivity (Wildman–Crippen MR) is 88.9 cm³/mol. The molecule has 0 unspecified atom stereocenters. The first-order valence-electron chi connectivity index (χ1n) is 7.54. The normalized spacial score (nSPS) is 11.1. The molecule has 1 heterocycles. The number of hydrogen-bond acceptors (Lipinski definition) is 3. The van der Waals surface area contributed by atoms with E-state index in [2.05, 4.69) is 31.4 Å². The van der Waals surface area contributed by atoms with Crippen LogP contribution in [0.25, 0.3) is 0 Å². The summed E-state index contributed by atoms with van der Waals surface area (Å²) >= 11 is 0. The lowest BCUT2D eigenvalue weighted by Gasteiger charge is -2.19. The van der Waals surface area contributed by atoms with Gasteiger partial charge in [-0.2, -0.15) is 0 Å². The molecule has 0 fully saturated rings. The second kappa shape index (κ2) is 7.13. The summed E-state index contributed by atoms with van der Waals surface area (Å²) in [6, 6.07) is 11.2. The summed E-state index contributed by atoms with van der Waals surface area (Å²) in [6.45, 7) is 6.66. The molecule has 0 spiro atoms. The zero-order chi connectivity index (χ0) is 16.9. The summed E-state index contributed by atoms with van der Waals surface area (Å²) in [5, 5.41) is 5.36. The minimum absolute atomic E-state index is 0.0638. The van der Waals surface area contributed by atoms with E-state index >= 15 is 0 Å². The van der Waals surface area contributed by atoms with Crippen LogP contribution in [0, 0.1) is 0 Å². The molecular weight excluding hydrogens is 292 g/mol. The molecule has 0 radical (unpaired) electrons. The maximum absolute atomic E-state index is 11.9. The fourth-order valence-electron chi connectivity index (χ4n) is 2.07. The Morgan fingerprint density at radius 1 is 1.04 bits per heavy atom. The molecule has 1 aromatic carbocycles. The van der Waals surface area contributed by atoms with Crippen LogP contribution < -0.4 is 10.6 Å². The van der Waals surface area contributed by atoms with E-state index in [1.165, 1.54) is 11.8 Å². The maximum atomic E-state index is 11.9. The van der Waals surface area contributed by atoms with Gasteiger partial charge >= 0.3 is 0 Å². The first-order valence-corrected chi connectivity index (χ1v) is 7.54. The van der Waals surface area contributed by atoms with Crippen LogP contribution in [0.4, 0.5) is 5.69 Å². The number of carbonyl (C=O) groups is 2. The second-order valence-electron chi connectivity index (χ2n) is 6.41. The van der Waals surface area contributed by atoms with E-state index in [0.717, 1.165) is 0 Å². The van der Waals surface area contributed by atoms with Crippen LogP contribution in [0.3, 0.4) is 0 Å². The summed E-state index contributed by atoms with van der Waals surface area (Å²) in [4.78, 5) is 23.6. The smallest absolute Gasteiger partial charge is 0.233 e. The zero-order valence-corrected chi connectivity index (χ0v) is 13.7. The largest absolute Gasteiger partial charge is 0.467 e. The highest BCUT2D eigenvalue weighted by Crippen LogP contribution is 2.23. The van der Waals surface area contributed by atoms with Crippen LogP contribution in [-0.4, -0.2) is 11.8 Å². The van der Waals surface area contributed by atoms with Crippen molar-refractivity contribution >= 4 is 17.5 Å². The molecule has 2 N–H and O–H groups in total. The molecule has 5 heteroatoms. The highest BCUT2D eigenvalue weighted by atomic mass is 16.3. The zero-order valence-electron chi connectivity index (χ0n) is 13.7. The molecule has 122 valence electrons. The van der Waals surface area contributed by atoms with Crippen LogP contribution in [-0.2, 0) is 21.5 Å². The lowest BCUT2D eigenvalue weighted by atomic mass is 9.87. The third-order valence-corrected chi connectivity index (χ3v) is 3.40. The van der Waals surface area contributed by atoms with Crippen molar-refractivity contribution in [2.75, 3.05) is 5.32 Å². The van der Waals surface area contributed by atoms with Gasteiger partial charge in [-0.05, 0) is 35.2 Å². The van der Waals surface area contributed by atoms with Crippen molar-refractivity contribution in [2.45, 2.75) is 39.2 Å². The minimum Gasteiger partial charge on any atom is -0.467 e. The molecular formula is C18H22N2O3. The SMILES string of the molecule is CC(C)(C)c1ccc(NC(=O)CC(=O)NCc2ccco2)cc1. The standard InChI is InChI=1S/C18H22N2O3/c1-18(2,3)13-6-8-14(9-7-13)20-17(22)11-16(21)19-12-15-5-4-10-23-15/h4-10H,11-12H2,1-3H3,(H,19,21)(H,20,22). The van der Waals surface area contributed by atoms with E-state index in [1.807, 2.05) is 24.3 Å². The monoisotopic (exact) mass is 314 g/mol. The van der Waals surface area contributed by atoms with E-state index in [-0.39, 0.29) is 30.2 Å². The molecule has 23 heavy (non-hydrogen) atoms. The topological polar surface area (TPSA) is 71.3 Å². The quantitative estimate of drug-likeness (QED) is 0.832. The van der Waals surface area contributed by atoms with Gasteiger partial charge in [0.2, 0.25) is 11.8 Å². The van der Waals surface area contributed by atoms with E-state index in [4.69, 9.17) is 4.42 Å². The summed E-state index contributed by atoms with van der Waals surface area (Å²) in [6.07, 6.45) is 1.32. The molecule has 2 rings (SSSR count). The Morgan fingerprint density at radius 2 is 1.74 bits per heavy atom. The highest BCUT2D eigenvalue weighted by Gasteiger charge is 2.14. The van der Waals surface area contributed by atoms with Gasteiger partial charge in [0.1, 0.15) is 12.2 Å². The third-order valence-electron chi connectivity index (χ3n) is 3.40. The molecule has 0 aliphatic heterocycles. The minimum atomic E-state index is -0.342. The van der Waals surface area contributed by atoms with Gasteiger partial charge < -0.3 is 15.1 Å². The average Bonchev–Trinajstić information content (AvgIpc) is 2.98. The second-order valence-corrected chi connectivity index (χ2v) is 6.41. The van der Waals surface area contributed by atoms with E-state index in [0.29, 0.717) is 11.4 Å². The molecule has 2 amide bonds. The average molecular weight is 314 g/mol. The number of benzene rings is 1. The van der Waals surface area contributed by atoms with Crippen molar-refractivity contribution in [2.24, 2.45) is 0 Å². The Hall–Kier alpha value is -2.56. The van der Waals surface area contributed by atoms with Crippen LogP contribution in [0.15, 0.2) is 47.1 Å². The summed E-state index contributed by atoms with van der Waals surface area (Å²) in [5.41, 5.74) is 1.93. The lowest BCUT2D eigenvalue weighted by molar-refractivity contribution is -0.127. The van der Waals surface area contributed by atoms with Gasteiger partial charge in [-0.25, -0.2) is 0 Å². The molecule has 0 atom stereocenters. The first kappa shape index (κ1) is 16.8. The number of hydrogen-bond donors (Lipinski definition) is 2. The van der Waals surface area contributed by atoms with Gasteiger partial charge in [0.25, 0.3) is 0 Å². The van der Waals surface area contributed by atoms with Gasteiger partial charge in [0.15, 0.2) is 0 Å². The molecule has 0 aliphatic carbocycles. The number of nitrogens with one attached hydrogen (secondary N) is 2. The van der Waals surface area contributed by atoms with Gasteiger partial charge in [0.05, 0.1) is 12.8 Å². The fraction of sp³-hybridized carbons (Fsp3) is 0.333. The van der Waals surface area contributed by atoms with Crippen molar-refractivity contribution in [3.63, 3.8) is 0 Å². The third kappa shape index (κ3) is 5.29. The van der Waals surface area contributed by atoms with Gasteiger partial charge in [-0.3, -0.25) is 9.59 Å². The van der Waals surface area contributed by atoms with Crippen LogP contribution in [0.5, 0.6) is 0 Å². The van der Waals surface area contributed by atoms with Crippen LogP contribution in [0.2, 0.25) is 0 Å². The van der Waals surface area contributed by atoms with E-state index < -0.39 is 0 Å². The Kier molecular flexibility index (Phi) is 5.21. The van der Waals surface area contributed by atoms with Gasteiger partial charge in [0, 0.05) is 5.69 Å². The number of furan rings is 1. The fourth-order valence-corrected chi connectivity index (χ4v) is 2.07. The molecule has 0 saturated heterocycles. The number of rotatable bonds is 5. The lowest BCUT2D eigenvalue weighted by Crippen LogP contribution is -2.27. The Morgan fingerprint density at radius 3 is 2.30 bits per heavy atom. The molecule has 0 bridgehead atoms. The summed E-state index contributed by atoms with van der Waals surface area (Å²) < 4.78 is 5.11. The highest BCUT2D eigenvalue weighted by molar-refractivity contribution is 6.03. The van der Waals surface area contributed by atoms with Gasteiger partial charge in [-0.15, -0.1) is 0 Å². The van der Waals surface area contributed by atoms with Crippen molar-refractivity contribution in [1.29, 1.82) is 0 Å². The van der Waals surface area contributed by atoms with Crippen molar-refractivity contribution in [3.05, 3.63) is 54.0 Å². The molecule has 5 nitrogen and oxygen atoms in total. The summed E-state index contributed by atoms with van der Waals surface area (Å²) in [7, 11) is 0. The molecule has 0 saturated carbocycles. The van der Waals surface area contributed by atoms with Crippen LogP contribution >= 0.6 is 0 Å². The number of amides is 2. The van der Waals surface area contributed by atoms with Crippen LogP contribution in [0.1, 0.15) is 38.5 Å². The summed E-state index contributed by atoms with van der Waals surface area (Å²) in [5.74, 6) is -0.0350.